The highest BCUT2D eigenvalue weighted by molar-refractivity contribution is 7.22. The molecule has 3 aromatic rings. The minimum Gasteiger partial charge on any atom is -0.342 e. The number of rotatable bonds is 5. The number of carbonyl (C=O) groups is 2. The summed E-state index contributed by atoms with van der Waals surface area (Å²) >= 11 is 1.23. The Morgan fingerprint density at radius 1 is 1.26 bits per heavy atom. The number of thiazole rings is 1. The van der Waals surface area contributed by atoms with Crippen LogP contribution in [0.25, 0.3) is 10.2 Å². The van der Waals surface area contributed by atoms with Gasteiger partial charge < -0.3 is 10.2 Å². The second-order valence-corrected chi connectivity index (χ2v) is 7.63. The molecule has 0 aliphatic carbocycles. The molecule has 1 aromatic heterocycles. The summed E-state index contributed by atoms with van der Waals surface area (Å²) in [4.78, 5) is 30.8. The van der Waals surface area contributed by atoms with Crippen LogP contribution in [0.15, 0.2) is 48.5 Å². The molecule has 0 bridgehead atoms. The summed E-state index contributed by atoms with van der Waals surface area (Å²) in [6, 6.07) is 14.3. The van der Waals surface area contributed by atoms with Crippen LogP contribution in [0.5, 0.6) is 0 Å². The van der Waals surface area contributed by atoms with E-state index in [2.05, 4.69) is 10.3 Å². The number of aromatic nitrogens is 1. The van der Waals surface area contributed by atoms with Gasteiger partial charge in [-0.15, -0.1) is 0 Å². The Morgan fingerprint density at radius 3 is 2.89 bits per heavy atom. The number of carbonyl (C=O) groups excluding carboxylic acids is 2. The molecule has 0 spiro atoms. The molecule has 1 saturated heterocycles. The van der Waals surface area contributed by atoms with Crippen molar-refractivity contribution in [3.05, 3.63) is 59.9 Å². The van der Waals surface area contributed by atoms with Gasteiger partial charge in [0.1, 0.15) is 5.82 Å². The Balaban J connectivity index is 1.36. The average Bonchev–Trinajstić information content (AvgIpc) is 3.23. The number of likely N-dealkylation sites (tertiary alicyclic amines) is 1. The molecule has 1 unspecified atom stereocenters. The molecule has 1 aliphatic rings. The second-order valence-electron chi connectivity index (χ2n) is 6.60. The lowest BCUT2D eigenvalue weighted by atomic mass is 10.1. The van der Waals surface area contributed by atoms with Crippen molar-refractivity contribution in [3.63, 3.8) is 0 Å². The van der Waals surface area contributed by atoms with E-state index in [0.717, 1.165) is 6.42 Å². The van der Waals surface area contributed by atoms with Gasteiger partial charge in [0.2, 0.25) is 11.8 Å². The molecule has 2 aromatic carbocycles. The summed E-state index contributed by atoms with van der Waals surface area (Å²) in [7, 11) is 0. The van der Waals surface area contributed by atoms with Crippen LogP contribution in [0.3, 0.4) is 0 Å². The van der Waals surface area contributed by atoms with Crippen LogP contribution in [-0.4, -0.2) is 34.8 Å². The zero-order valence-corrected chi connectivity index (χ0v) is 15.3. The van der Waals surface area contributed by atoms with Crippen molar-refractivity contribution in [3.8, 4) is 0 Å². The van der Waals surface area contributed by atoms with Gasteiger partial charge in [0, 0.05) is 19.5 Å². The van der Waals surface area contributed by atoms with E-state index >= 15 is 0 Å². The van der Waals surface area contributed by atoms with Gasteiger partial charge in [0.25, 0.3) is 0 Å². The van der Waals surface area contributed by atoms with E-state index in [1.165, 1.54) is 29.0 Å². The number of amides is 2. The Bertz CT molecular complexity index is 989. The Hall–Kier alpha value is -2.80. The summed E-state index contributed by atoms with van der Waals surface area (Å²) in [5.41, 5.74) is 1.81. The Morgan fingerprint density at radius 2 is 2.07 bits per heavy atom. The van der Waals surface area contributed by atoms with Gasteiger partial charge in [0.05, 0.1) is 16.1 Å². The Kier molecular flexibility index (Phi) is 4.85. The van der Waals surface area contributed by atoms with Crippen molar-refractivity contribution in [2.24, 2.45) is 5.92 Å². The lowest BCUT2D eigenvalue weighted by Crippen LogP contribution is -2.30. The third kappa shape index (κ3) is 3.98. The van der Waals surface area contributed by atoms with Gasteiger partial charge >= 0.3 is 0 Å². The molecule has 0 saturated carbocycles. The van der Waals surface area contributed by atoms with Crippen LogP contribution in [-0.2, 0) is 16.0 Å². The third-order valence-electron chi connectivity index (χ3n) is 4.68. The van der Waals surface area contributed by atoms with Gasteiger partial charge in [-0.2, -0.15) is 0 Å². The van der Waals surface area contributed by atoms with Gasteiger partial charge in [-0.3, -0.25) is 9.59 Å². The monoisotopic (exact) mass is 383 g/mol. The van der Waals surface area contributed by atoms with E-state index in [1.807, 2.05) is 30.3 Å². The van der Waals surface area contributed by atoms with Crippen molar-refractivity contribution in [1.29, 1.82) is 0 Å². The molecule has 1 atom stereocenters. The normalized spacial score (nSPS) is 16.9. The molecule has 4 rings (SSSR count). The largest absolute Gasteiger partial charge is 0.342 e. The number of fused-ring (bicyclic) bond motifs is 1. The maximum atomic E-state index is 13.3. The smallest absolute Gasteiger partial charge is 0.231 e. The molecule has 1 N–H and O–H groups in total. The predicted molar refractivity (Wildman–Crippen MR) is 103 cm³/mol. The Labute approximate surface area is 159 Å². The van der Waals surface area contributed by atoms with Crippen LogP contribution >= 0.6 is 11.3 Å². The number of hydrogen-bond acceptors (Lipinski definition) is 4. The molecule has 2 heterocycles. The van der Waals surface area contributed by atoms with Crippen LogP contribution in [0.4, 0.5) is 9.52 Å². The topological polar surface area (TPSA) is 62.3 Å². The quantitative estimate of drug-likeness (QED) is 0.734. The highest BCUT2D eigenvalue weighted by Gasteiger charge is 2.34. The van der Waals surface area contributed by atoms with E-state index < -0.39 is 5.92 Å². The summed E-state index contributed by atoms with van der Waals surface area (Å²) in [6.07, 6.45) is 0.977. The molecule has 138 valence electrons. The standard InChI is InChI=1S/C20H18FN3O2S/c21-15-6-7-16-17(11-15)27-20(22-16)23-19(26)14-10-18(25)24(12-14)9-8-13-4-2-1-3-5-13/h1-7,11,14H,8-10,12H2,(H,22,23,26). The molecular formula is C20H18FN3O2S. The van der Waals surface area contributed by atoms with Crippen molar-refractivity contribution in [1.82, 2.24) is 9.88 Å². The van der Waals surface area contributed by atoms with E-state index in [9.17, 15) is 14.0 Å². The molecule has 27 heavy (non-hydrogen) atoms. The van der Waals surface area contributed by atoms with E-state index in [0.29, 0.717) is 28.4 Å². The second kappa shape index (κ2) is 7.44. The summed E-state index contributed by atoms with van der Waals surface area (Å²) in [5, 5.41) is 3.20. The number of hydrogen-bond donors (Lipinski definition) is 1. The first-order valence-corrected chi connectivity index (χ1v) is 9.59. The summed E-state index contributed by atoms with van der Waals surface area (Å²) in [6.45, 7) is 1.02. The van der Waals surface area contributed by atoms with E-state index in [-0.39, 0.29) is 24.1 Å². The van der Waals surface area contributed by atoms with Crippen LogP contribution in [0.1, 0.15) is 12.0 Å². The fourth-order valence-corrected chi connectivity index (χ4v) is 4.13. The SMILES string of the molecule is O=C(Nc1nc2ccc(F)cc2s1)C1CC(=O)N(CCc2ccccc2)C1. The lowest BCUT2D eigenvalue weighted by molar-refractivity contribution is -0.128. The highest BCUT2D eigenvalue weighted by Crippen LogP contribution is 2.28. The zero-order valence-electron chi connectivity index (χ0n) is 14.5. The maximum Gasteiger partial charge on any atom is 0.231 e. The van der Waals surface area contributed by atoms with Gasteiger partial charge in [0.15, 0.2) is 5.13 Å². The lowest BCUT2D eigenvalue weighted by Gasteiger charge is -2.16. The number of halogens is 1. The molecule has 0 radical (unpaired) electrons. The number of nitrogens with zero attached hydrogens (tertiary/aromatic N) is 2. The van der Waals surface area contributed by atoms with Crippen molar-refractivity contribution < 1.29 is 14.0 Å². The molecule has 2 amide bonds. The number of nitrogens with one attached hydrogen (secondary N) is 1. The van der Waals surface area contributed by atoms with Gasteiger partial charge in [-0.25, -0.2) is 9.37 Å². The van der Waals surface area contributed by atoms with Crippen molar-refractivity contribution >= 4 is 38.5 Å². The van der Waals surface area contributed by atoms with Crippen molar-refractivity contribution in [2.75, 3.05) is 18.4 Å². The molecule has 1 fully saturated rings. The first-order chi connectivity index (χ1) is 13.1. The summed E-state index contributed by atoms with van der Waals surface area (Å²) < 4.78 is 14.0. The summed E-state index contributed by atoms with van der Waals surface area (Å²) in [5.74, 6) is -0.945. The molecule has 1 aliphatic heterocycles. The molecule has 5 nitrogen and oxygen atoms in total. The van der Waals surface area contributed by atoms with Crippen LogP contribution in [0.2, 0.25) is 0 Å². The first-order valence-electron chi connectivity index (χ1n) is 8.77. The fraction of sp³-hybridized carbons (Fsp3) is 0.250. The first kappa shape index (κ1) is 17.6. The number of anilines is 1. The zero-order chi connectivity index (χ0) is 18.8. The fourth-order valence-electron chi connectivity index (χ4n) is 3.23. The minimum atomic E-state index is -0.392. The van der Waals surface area contributed by atoms with Crippen molar-refractivity contribution in [2.45, 2.75) is 12.8 Å². The minimum absolute atomic E-state index is 0.00236. The molecule has 7 heteroatoms. The number of benzene rings is 2. The van der Waals surface area contributed by atoms with E-state index in [4.69, 9.17) is 0 Å². The predicted octanol–water partition coefficient (Wildman–Crippen LogP) is 3.47. The van der Waals surface area contributed by atoms with Gasteiger partial charge in [-0.1, -0.05) is 41.7 Å². The average molecular weight is 383 g/mol. The van der Waals surface area contributed by atoms with Crippen LogP contribution < -0.4 is 5.32 Å². The maximum absolute atomic E-state index is 13.3. The van der Waals surface area contributed by atoms with E-state index in [1.54, 1.807) is 11.0 Å². The third-order valence-corrected chi connectivity index (χ3v) is 5.61. The molecular weight excluding hydrogens is 365 g/mol. The van der Waals surface area contributed by atoms with Gasteiger partial charge in [-0.05, 0) is 30.2 Å². The highest BCUT2D eigenvalue weighted by atomic mass is 32.1. The van der Waals surface area contributed by atoms with Crippen LogP contribution in [0, 0.1) is 11.7 Å².